The van der Waals surface area contributed by atoms with E-state index in [1.165, 1.54) is 25.7 Å². The topological polar surface area (TPSA) is 32.7 Å². The minimum absolute atomic E-state index is 0.707. The van der Waals surface area contributed by atoms with Gasteiger partial charge in [0.25, 0.3) is 0 Å². The van der Waals surface area contributed by atoms with E-state index >= 15 is 0 Å². The molecule has 0 bridgehead atoms. The molecule has 3 nitrogen and oxygen atoms in total. The number of nitrogens with zero attached hydrogens (tertiary/aromatic N) is 1. The Morgan fingerprint density at radius 1 is 1.20 bits per heavy atom. The van der Waals surface area contributed by atoms with Crippen molar-refractivity contribution in [2.45, 2.75) is 45.1 Å². The van der Waals surface area contributed by atoms with Gasteiger partial charge in [0, 0.05) is 6.54 Å². The van der Waals surface area contributed by atoms with E-state index in [-0.39, 0.29) is 0 Å². The number of likely N-dealkylation sites (tertiary alicyclic amines) is 1. The molecule has 1 fully saturated rings. The van der Waals surface area contributed by atoms with Gasteiger partial charge in [-0.15, -0.1) is 0 Å². The van der Waals surface area contributed by atoms with E-state index in [0.717, 1.165) is 30.0 Å². The number of hydrogen-bond donors (Lipinski definition) is 1. The highest BCUT2D eigenvalue weighted by atomic mass is 16.5. The minimum atomic E-state index is -0.804. The van der Waals surface area contributed by atoms with Gasteiger partial charge >= 0.3 is 0 Å². The number of methoxy groups -OCH3 is 1. The normalized spacial score (nSPS) is 20.2. The summed E-state index contributed by atoms with van der Waals surface area (Å²) in [6.45, 7) is 6.85. The molecule has 0 spiro atoms. The first-order valence-corrected chi connectivity index (χ1v) is 7.63. The molecule has 0 saturated carbocycles. The quantitative estimate of drug-likeness (QED) is 0.918. The van der Waals surface area contributed by atoms with E-state index < -0.39 is 5.60 Å². The van der Waals surface area contributed by atoms with Crippen molar-refractivity contribution in [3.05, 3.63) is 29.3 Å². The van der Waals surface area contributed by atoms with Crippen molar-refractivity contribution in [3.63, 3.8) is 0 Å². The van der Waals surface area contributed by atoms with Gasteiger partial charge in [0.05, 0.1) is 12.7 Å². The van der Waals surface area contributed by atoms with Crippen molar-refractivity contribution < 1.29 is 9.84 Å². The number of rotatable bonds is 4. The van der Waals surface area contributed by atoms with Crippen LogP contribution < -0.4 is 4.74 Å². The second kappa shape index (κ2) is 6.59. The van der Waals surface area contributed by atoms with Crippen LogP contribution in [0.4, 0.5) is 0 Å². The summed E-state index contributed by atoms with van der Waals surface area (Å²) in [5.41, 5.74) is 1.24. The molecule has 1 N–H and O–H groups in total. The first-order valence-electron chi connectivity index (χ1n) is 7.63. The first-order chi connectivity index (χ1) is 9.53. The fourth-order valence-electron chi connectivity index (χ4n) is 3.03. The van der Waals surface area contributed by atoms with E-state index in [4.69, 9.17) is 4.74 Å². The molecule has 0 radical (unpaired) electrons. The minimum Gasteiger partial charge on any atom is -0.496 e. The fourth-order valence-corrected chi connectivity index (χ4v) is 3.03. The van der Waals surface area contributed by atoms with Crippen molar-refractivity contribution in [3.8, 4) is 5.75 Å². The predicted molar refractivity (Wildman–Crippen MR) is 82.2 cm³/mol. The third-order valence-electron chi connectivity index (χ3n) is 4.25. The zero-order chi connectivity index (χ0) is 14.6. The molecule has 1 aromatic rings. The van der Waals surface area contributed by atoms with E-state index in [0.29, 0.717) is 6.54 Å². The Bertz CT molecular complexity index is 435. The molecule has 1 heterocycles. The van der Waals surface area contributed by atoms with Crippen molar-refractivity contribution in [2.24, 2.45) is 0 Å². The Labute approximate surface area is 122 Å². The summed E-state index contributed by atoms with van der Waals surface area (Å²) in [5.74, 6) is 0.874. The number of benzene rings is 1. The van der Waals surface area contributed by atoms with Crippen LogP contribution in [0.1, 0.15) is 43.7 Å². The highest BCUT2D eigenvalue weighted by molar-refractivity contribution is 5.38. The van der Waals surface area contributed by atoms with Crippen LogP contribution in [0.15, 0.2) is 18.2 Å². The van der Waals surface area contributed by atoms with Crippen LogP contribution in [0.5, 0.6) is 5.75 Å². The maximum Gasteiger partial charge on any atom is 0.121 e. The smallest absolute Gasteiger partial charge is 0.121 e. The van der Waals surface area contributed by atoms with E-state index in [1.54, 1.807) is 7.11 Å². The van der Waals surface area contributed by atoms with Gasteiger partial charge in [-0.25, -0.2) is 0 Å². The van der Waals surface area contributed by atoms with Crippen LogP contribution in [0.3, 0.4) is 0 Å². The largest absolute Gasteiger partial charge is 0.496 e. The SMILES string of the molecule is COc1ccc(C(C)(O)CN2CCCCCC2)cc1C. The molecular formula is C17H27NO2. The average Bonchev–Trinajstić information content (AvgIpc) is 2.66. The van der Waals surface area contributed by atoms with Gasteiger partial charge in [0.15, 0.2) is 0 Å². The number of aliphatic hydroxyl groups is 1. The van der Waals surface area contributed by atoms with E-state index in [9.17, 15) is 5.11 Å². The predicted octanol–water partition coefficient (Wildman–Crippen LogP) is 3.09. The summed E-state index contributed by atoms with van der Waals surface area (Å²) in [6.07, 6.45) is 5.13. The lowest BCUT2D eigenvalue weighted by molar-refractivity contribution is 0.0167. The summed E-state index contributed by atoms with van der Waals surface area (Å²) in [6, 6.07) is 5.96. The molecule has 1 atom stereocenters. The summed E-state index contributed by atoms with van der Waals surface area (Å²) in [5, 5.41) is 10.8. The molecule has 0 amide bonds. The molecule has 0 aromatic heterocycles. The molecule has 2 rings (SSSR count). The Morgan fingerprint density at radius 3 is 2.40 bits per heavy atom. The zero-order valence-corrected chi connectivity index (χ0v) is 13.0. The second-order valence-corrected chi connectivity index (χ2v) is 6.15. The number of aryl methyl sites for hydroxylation is 1. The first kappa shape index (κ1) is 15.3. The van der Waals surface area contributed by atoms with Gasteiger partial charge in [-0.3, -0.25) is 0 Å². The molecule has 1 aromatic carbocycles. The standard InChI is InChI=1S/C17H27NO2/c1-14-12-15(8-9-16(14)20-3)17(2,19)13-18-10-6-4-5-7-11-18/h8-9,12,19H,4-7,10-11,13H2,1-3H3. The van der Waals surface area contributed by atoms with Gasteiger partial charge in [0.1, 0.15) is 5.75 Å². The van der Waals surface area contributed by atoms with Crippen LogP contribution in [0, 0.1) is 6.92 Å². The molecule has 20 heavy (non-hydrogen) atoms. The molecule has 1 aliphatic rings. The van der Waals surface area contributed by atoms with Gasteiger partial charge in [-0.2, -0.15) is 0 Å². The second-order valence-electron chi connectivity index (χ2n) is 6.15. The summed E-state index contributed by atoms with van der Waals surface area (Å²) in [4.78, 5) is 2.40. The van der Waals surface area contributed by atoms with Crippen LogP contribution >= 0.6 is 0 Å². The Balaban J connectivity index is 2.10. The number of hydrogen-bond acceptors (Lipinski definition) is 3. The third kappa shape index (κ3) is 3.74. The fraction of sp³-hybridized carbons (Fsp3) is 0.647. The van der Waals surface area contributed by atoms with E-state index in [2.05, 4.69) is 4.90 Å². The molecule has 1 unspecified atom stereocenters. The number of β-amino-alcohol motifs (C(OH)–C–C–N with tert-alkyl or cyclic N) is 1. The van der Waals surface area contributed by atoms with Crippen molar-refractivity contribution >= 4 is 0 Å². The van der Waals surface area contributed by atoms with Crippen LogP contribution in [-0.2, 0) is 5.60 Å². The third-order valence-corrected chi connectivity index (χ3v) is 4.25. The van der Waals surface area contributed by atoms with Crippen molar-refractivity contribution in [1.82, 2.24) is 4.90 Å². The molecule has 3 heteroatoms. The van der Waals surface area contributed by atoms with Gasteiger partial charge in [-0.05, 0) is 63.0 Å². The lowest BCUT2D eigenvalue weighted by Crippen LogP contribution is -2.39. The Hall–Kier alpha value is -1.06. The Kier molecular flexibility index (Phi) is 5.06. The maximum absolute atomic E-state index is 10.8. The summed E-state index contributed by atoms with van der Waals surface area (Å²) < 4.78 is 5.29. The van der Waals surface area contributed by atoms with Crippen LogP contribution in [0.2, 0.25) is 0 Å². The molecular weight excluding hydrogens is 250 g/mol. The molecule has 0 aliphatic carbocycles. The van der Waals surface area contributed by atoms with Gasteiger partial charge < -0.3 is 14.7 Å². The lowest BCUT2D eigenvalue weighted by atomic mass is 9.93. The number of ether oxygens (including phenoxy) is 1. The monoisotopic (exact) mass is 277 g/mol. The van der Waals surface area contributed by atoms with Gasteiger partial charge in [-0.1, -0.05) is 18.9 Å². The van der Waals surface area contributed by atoms with E-state index in [1.807, 2.05) is 32.0 Å². The van der Waals surface area contributed by atoms with Gasteiger partial charge in [0.2, 0.25) is 0 Å². The lowest BCUT2D eigenvalue weighted by Gasteiger charge is -2.31. The van der Waals surface area contributed by atoms with Crippen molar-refractivity contribution in [1.29, 1.82) is 0 Å². The highest BCUT2D eigenvalue weighted by Gasteiger charge is 2.27. The molecule has 1 saturated heterocycles. The molecule has 112 valence electrons. The maximum atomic E-state index is 10.8. The Morgan fingerprint density at radius 2 is 1.85 bits per heavy atom. The van der Waals surface area contributed by atoms with Crippen molar-refractivity contribution in [2.75, 3.05) is 26.7 Å². The average molecular weight is 277 g/mol. The zero-order valence-electron chi connectivity index (χ0n) is 13.0. The van der Waals surface area contributed by atoms with Crippen LogP contribution in [0.25, 0.3) is 0 Å². The summed E-state index contributed by atoms with van der Waals surface area (Å²) >= 11 is 0. The molecule has 1 aliphatic heterocycles. The van der Waals surface area contributed by atoms with Crippen LogP contribution in [-0.4, -0.2) is 36.8 Å². The summed E-state index contributed by atoms with van der Waals surface area (Å²) in [7, 11) is 1.68. The highest BCUT2D eigenvalue weighted by Crippen LogP contribution is 2.27.